The predicted octanol–water partition coefficient (Wildman–Crippen LogP) is 3.70. The molecule has 0 aliphatic rings. The second-order valence-corrected chi connectivity index (χ2v) is 5.95. The first-order chi connectivity index (χ1) is 12.5. The molecule has 5 nitrogen and oxygen atoms in total. The minimum atomic E-state index is -0.718. The highest BCUT2D eigenvalue weighted by Crippen LogP contribution is 2.27. The van der Waals surface area contributed by atoms with Gasteiger partial charge in [-0.05, 0) is 35.7 Å². The standard InChI is InChI=1S/C21H18O5/c1-13-7-9-14(10-8-13)16-12-19(21(24)25-2)26-20(23)17(16)11-15-5-3-4-6-18(15)22/h3-10,12,22H,11H2,1-2H3. The molecule has 0 aliphatic carbocycles. The third-order valence-electron chi connectivity index (χ3n) is 4.16. The molecular formula is C21H18O5. The Morgan fingerprint density at radius 1 is 1.12 bits per heavy atom. The second-order valence-electron chi connectivity index (χ2n) is 5.95. The smallest absolute Gasteiger partial charge is 0.374 e. The van der Waals surface area contributed by atoms with Gasteiger partial charge in [-0.2, -0.15) is 0 Å². The molecule has 0 fully saturated rings. The fourth-order valence-electron chi connectivity index (χ4n) is 2.73. The molecule has 1 aromatic heterocycles. The van der Waals surface area contributed by atoms with Gasteiger partial charge in [0.15, 0.2) is 0 Å². The lowest BCUT2D eigenvalue weighted by Gasteiger charge is -2.11. The molecule has 1 heterocycles. The van der Waals surface area contributed by atoms with Crippen LogP contribution in [0.3, 0.4) is 0 Å². The van der Waals surface area contributed by atoms with Crippen molar-refractivity contribution in [1.29, 1.82) is 0 Å². The molecule has 1 N–H and O–H groups in total. The number of para-hydroxylation sites is 1. The average Bonchev–Trinajstić information content (AvgIpc) is 2.64. The molecule has 3 aromatic rings. The number of aryl methyl sites for hydroxylation is 1. The number of methoxy groups -OCH3 is 1. The second kappa shape index (κ2) is 7.27. The van der Waals surface area contributed by atoms with E-state index < -0.39 is 11.6 Å². The van der Waals surface area contributed by atoms with Gasteiger partial charge in [-0.1, -0.05) is 48.0 Å². The van der Waals surface area contributed by atoms with Crippen molar-refractivity contribution in [3.63, 3.8) is 0 Å². The van der Waals surface area contributed by atoms with Crippen LogP contribution in [-0.2, 0) is 11.2 Å². The normalized spacial score (nSPS) is 10.5. The maximum Gasteiger partial charge on any atom is 0.374 e. The zero-order chi connectivity index (χ0) is 18.7. The van der Waals surface area contributed by atoms with Gasteiger partial charge < -0.3 is 14.3 Å². The molecule has 3 rings (SSSR count). The van der Waals surface area contributed by atoms with Crippen molar-refractivity contribution in [2.24, 2.45) is 0 Å². The number of ether oxygens (including phenoxy) is 1. The number of rotatable bonds is 4. The van der Waals surface area contributed by atoms with Gasteiger partial charge in [0, 0.05) is 6.42 Å². The summed E-state index contributed by atoms with van der Waals surface area (Å²) in [6.07, 6.45) is 0.180. The Hall–Kier alpha value is -3.34. The molecular weight excluding hydrogens is 332 g/mol. The zero-order valence-corrected chi connectivity index (χ0v) is 14.5. The van der Waals surface area contributed by atoms with Crippen LogP contribution in [0.15, 0.2) is 63.8 Å². The molecule has 0 saturated carbocycles. The van der Waals surface area contributed by atoms with Crippen molar-refractivity contribution in [3.8, 4) is 16.9 Å². The fraction of sp³-hybridized carbons (Fsp3) is 0.143. The molecule has 0 radical (unpaired) electrons. The maximum atomic E-state index is 12.6. The van der Waals surface area contributed by atoms with E-state index in [2.05, 4.69) is 4.74 Å². The summed E-state index contributed by atoms with van der Waals surface area (Å²) >= 11 is 0. The number of aromatic hydroxyl groups is 1. The molecule has 0 spiro atoms. The molecule has 0 unspecified atom stereocenters. The van der Waals surface area contributed by atoms with E-state index in [9.17, 15) is 14.7 Å². The quantitative estimate of drug-likeness (QED) is 0.726. The Balaban J connectivity index is 2.19. The van der Waals surface area contributed by atoms with Crippen LogP contribution in [0.1, 0.15) is 27.2 Å². The number of hydrogen-bond acceptors (Lipinski definition) is 5. The number of phenols is 1. The Morgan fingerprint density at radius 3 is 2.46 bits per heavy atom. The molecule has 0 saturated heterocycles. The Labute approximate surface area is 150 Å². The largest absolute Gasteiger partial charge is 0.508 e. The van der Waals surface area contributed by atoms with E-state index in [0.717, 1.165) is 11.1 Å². The summed E-state index contributed by atoms with van der Waals surface area (Å²) in [5.74, 6) is -0.780. The zero-order valence-electron chi connectivity index (χ0n) is 14.5. The average molecular weight is 350 g/mol. The van der Waals surface area contributed by atoms with Gasteiger partial charge in [0.2, 0.25) is 5.76 Å². The van der Waals surface area contributed by atoms with E-state index in [1.807, 2.05) is 31.2 Å². The number of carbonyl (C=O) groups is 1. The lowest BCUT2D eigenvalue weighted by molar-refractivity contribution is 0.0559. The lowest BCUT2D eigenvalue weighted by Crippen LogP contribution is -2.14. The van der Waals surface area contributed by atoms with Crippen LogP contribution in [0.2, 0.25) is 0 Å². The van der Waals surface area contributed by atoms with Crippen molar-refractivity contribution in [2.45, 2.75) is 13.3 Å². The highest BCUT2D eigenvalue weighted by Gasteiger charge is 2.19. The summed E-state index contributed by atoms with van der Waals surface area (Å²) in [7, 11) is 1.23. The van der Waals surface area contributed by atoms with Gasteiger partial charge in [0.25, 0.3) is 0 Å². The third kappa shape index (κ3) is 3.52. The van der Waals surface area contributed by atoms with Crippen molar-refractivity contribution in [1.82, 2.24) is 0 Å². The lowest BCUT2D eigenvalue weighted by atomic mass is 9.95. The van der Waals surface area contributed by atoms with Crippen molar-refractivity contribution >= 4 is 5.97 Å². The van der Waals surface area contributed by atoms with Gasteiger partial charge in [-0.15, -0.1) is 0 Å². The summed E-state index contributed by atoms with van der Waals surface area (Å²) in [6, 6.07) is 15.9. The summed E-state index contributed by atoms with van der Waals surface area (Å²) in [4.78, 5) is 24.4. The van der Waals surface area contributed by atoms with Crippen LogP contribution in [0, 0.1) is 6.92 Å². The summed E-state index contributed by atoms with van der Waals surface area (Å²) in [5, 5.41) is 10.0. The first-order valence-corrected chi connectivity index (χ1v) is 8.09. The monoisotopic (exact) mass is 350 g/mol. The minimum absolute atomic E-state index is 0.0961. The first-order valence-electron chi connectivity index (χ1n) is 8.09. The predicted molar refractivity (Wildman–Crippen MR) is 97.4 cm³/mol. The van der Waals surface area contributed by atoms with Crippen LogP contribution in [0.5, 0.6) is 5.75 Å². The topological polar surface area (TPSA) is 76.7 Å². The number of carbonyl (C=O) groups excluding carboxylic acids is 1. The Kier molecular flexibility index (Phi) is 4.89. The maximum absolute atomic E-state index is 12.6. The molecule has 2 aromatic carbocycles. The Morgan fingerprint density at radius 2 is 1.81 bits per heavy atom. The van der Waals surface area contributed by atoms with Crippen LogP contribution in [-0.4, -0.2) is 18.2 Å². The van der Waals surface area contributed by atoms with Crippen LogP contribution in [0.25, 0.3) is 11.1 Å². The molecule has 26 heavy (non-hydrogen) atoms. The van der Waals surface area contributed by atoms with Crippen molar-refractivity contribution in [2.75, 3.05) is 7.11 Å². The van der Waals surface area contributed by atoms with Gasteiger partial charge in [-0.3, -0.25) is 0 Å². The molecule has 0 atom stereocenters. The van der Waals surface area contributed by atoms with Gasteiger partial charge in [0.1, 0.15) is 5.75 Å². The van der Waals surface area contributed by atoms with E-state index in [-0.39, 0.29) is 17.9 Å². The Bertz CT molecular complexity index is 1000. The van der Waals surface area contributed by atoms with E-state index in [4.69, 9.17) is 4.42 Å². The molecule has 132 valence electrons. The van der Waals surface area contributed by atoms with Gasteiger partial charge in [-0.25, -0.2) is 9.59 Å². The summed E-state index contributed by atoms with van der Waals surface area (Å²) in [6.45, 7) is 1.96. The molecule has 0 amide bonds. The SMILES string of the molecule is COC(=O)c1cc(-c2ccc(C)cc2)c(Cc2ccccc2O)c(=O)o1. The number of phenolic OH excluding ortho intramolecular Hbond substituents is 1. The fourth-order valence-corrected chi connectivity index (χ4v) is 2.73. The number of esters is 1. The minimum Gasteiger partial charge on any atom is -0.508 e. The van der Waals surface area contributed by atoms with Crippen molar-refractivity contribution < 1.29 is 19.1 Å². The number of benzene rings is 2. The van der Waals surface area contributed by atoms with Gasteiger partial charge in [0.05, 0.1) is 12.7 Å². The highest BCUT2D eigenvalue weighted by molar-refractivity contribution is 5.88. The van der Waals surface area contributed by atoms with E-state index in [0.29, 0.717) is 16.7 Å². The first kappa shape index (κ1) is 17.5. The van der Waals surface area contributed by atoms with Crippen LogP contribution < -0.4 is 5.63 Å². The van der Waals surface area contributed by atoms with Crippen molar-refractivity contribution in [3.05, 3.63) is 87.5 Å². The summed E-state index contributed by atoms with van der Waals surface area (Å²) < 4.78 is 9.81. The van der Waals surface area contributed by atoms with E-state index >= 15 is 0 Å². The van der Waals surface area contributed by atoms with E-state index in [1.54, 1.807) is 24.3 Å². The third-order valence-corrected chi connectivity index (χ3v) is 4.16. The van der Waals surface area contributed by atoms with Crippen LogP contribution in [0.4, 0.5) is 0 Å². The summed E-state index contributed by atoms with van der Waals surface area (Å²) in [5.41, 5.74) is 2.75. The number of hydrogen-bond donors (Lipinski definition) is 1. The highest BCUT2D eigenvalue weighted by atomic mass is 16.5. The van der Waals surface area contributed by atoms with Crippen LogP contribution >= 0.6 is 0 Å². The van der Waals surface area contributed by atoms with E-state index in [1.165, 1.54) is 13.2 Å². The molecule has 0 aliphatic heterocycles. The molecule has 5 heteroatoms. The molecule has 0 bridgehead atoms. The van der Waals surface area contributed by atoms with Gasteiger partial charge >= 0.3 is 11.6 Å².